The zero-order chi connectivity index (χ0) is 20.3. The molecule has 9 heteroatoms. The first-order chi connectivity index (χ1) is 13.2. The fourth-order valence-electron chi connectivity index (χ4n) is 3.35. The summed E-state index contributed by atoms with van der Waals surface area (Å²) in [5.41, 5.74) is -1.12. The number of para-hydroxylation sites is 1. The number of nitrogens with one attached hydrogen (secondary N) is 2. The van der Waals surface area contributed by atoms with E-state index in [0.717, 1.165) is 6.07 Å². The minimum absolute atomic E-state index is 0.199. The lowest BCUT2D eigenvalue weighted by Gasteiger charge is -2.27. The summed E-state index contributed by atoms with van der Waals surface area (Å²) in [6.07, 6.45) is -2.74. The Balaban J connectivity index is 1.55. The molecular weight excluding hydrogens is 375 g/mol. The second kappa shape index (κ2) is 8.04. The zero-order valence-electron chi connectivity index (χ0n) is 15.2. The van der Waals surface area contributed by atoms with Crippen LogP contribution in [0.2, 0.25) is 0 Å². The van der Waals surface area contributed by atoms with Gasteiger partial charge in [-0.3, -0.25) is 9.59 Å². The molecule has 2 N–H and O–H groups in total. The van der Waals surface area contributed by atoms with Gasteiger partial charge in [0.2, 0.25) is 11.8 Å². The van der Waals surface area contributed by atoms with Crippen molar-refractivity contribution in [2.45, 2.75) is 38.8 Å². The molecule has 2 amide bonds. The van der Waals surface area contributed by atoms with Crippen LogP contribution in [0.15, 0.2) is 34.9 Å². The van der Waals surface area contributed by atoms with Crippen LogP contribution in [0.4, 0.5) is 24.7 Å². The van der Waals surface area contributed by atoms with E-state index in [1.165, 1.54) is 18.2 Å². The van der Waals surface area contributed by atoms with Crippen molar-refractivity contribution in [2.75, 3.05) is 10.6 Å². The van der Waals surface area contributed by atoms with Gasteiger partial charge in [0.1, 0.15) is 5.76 Å². The SMILES string of the molecule is Cc1cc(NC(=O)C2CCC(C(=O)Nc3ccccc3C(F)(F)F)CC2)no1. The van der Waals surface area contributed by atoms with Crippen molar-refractivity contribution in [1.82, 2.24) is 5.16 Å². The summed E-state index contributed by atoms with van der Waals surface area (Å²) >= 11 is 0. The molecule has 0 saturated heterocycles. The largest absolute Gasteiger partial charge is 0.418 e. The van der Waals surface area contributed by atoms with Crippen LogP contribution >= 0.6 is 0 Å². The van der Waals surface area contributed by atoms with E-state index in [4.69, 9.17) is 4.52 Å². The number of hydrogen-bond donors (Lipinski definition) is 2. The van der Waals surface area contributed by atoms with E-state index in [0.29, 0.717) is 37.3 Å². The summed E-state index contributed by atoms with van der Waals surface area (Å²) in [5, 5.41) is 8.77. The molecule has 0 atom stereocenters. The molecule has 1 heterocycles. The molecule has 1 aromatic carbocycles. The third kappa shape index (κ3) is 4.71. The highest BCUT2D eigenvalue weighted by atomic mass is 19.4. The number of halogens is 3. The Hall–Kier alpha value is -2.84. The maximum absolute atomic E-state index is 13.1. The number of aryl methyl sites for hydroxylation is 1. The van der Waals surface area contributed by atoms with Gasteiger partial charge in [-0.25, -0.2) is 0 Å². The summed E-state index contributed by atoms with van der Waals surface area (Å²) < 4.78 is 44.1. The lowest BCUT2D eigenvalue weighted by molar-refractivity contribution is -0.137. The van der Waals surface area contributed by atoms with Crippen LogP contribution in [0.5, 0.6) is 0 Å². The first-order valence-electron chi connectivity index (χ1n) is 8.95. The summed E-state index contributed by atoms with van der Waals surface area (Å²) in [7, 11) is 0. The minimum Gasteiger partial charge on any atom is -0.360 e. The number of benzene rings is 1. The van der Waals surface area contributed by atoms with E-state index in [1.54, 1.807) is 13.0 Å². The number of nitrogens with zero attached hydrogens (tertiary/aromatic N) is 1. The lowest BCUT2D eigenvalue weighted by Crippen LogP contribution is -2.32. The number of amides is 2. The van der Waals surface area contributed by atoms with Gasteiger partial charge in [0.05, 0.1) is 11.3 Å². The molecule has 0 unspecified atom stereocenters. The second-order valence-electron chi connectivity index (χ2n) is 6.89. The number of aromatic nitrogens is 1. The molecule has 2 aromatic rings. The van der Waals surface area contributed by atoms with Crippen molar-refractivity contribution in [1.29, 1.82) is 0 Å². The molecule has 1 aliphatic rings. The fourth-order valence-corrected chi connectivity index (χ4v) is 3.35. The fraction of sp³-hybridized carbons (Fsp3) is 0.421. The minimum atomic E-state index is -4.54. The molecule has 1 fully saturated rings. The summed E-state index contributed by atoms with van der Waals surface area (Å²) in [5.74, 6) is -0.443. The summed E-state index contributed by atoms with van der Waals surface area (Å²) in [6.45, 7) is 1.71. The third-order valence-electron chi connectivity index (χ3n) is 4.84. The third-order valence-corrected chi connectivity index (χ3v) is 4.84. The number of anilines is 2. The number of carbonyl (C=O) groups is 2. The molecule has 0 spiro atoms. The van der Waals surface area contributed by atoms with Gasteiger partial charge < -0.3 is 15.2 Å². The van der Waals surface area contributed by atoms with Crippen molar-refractivity contribution in [2.24, 2.45) is 11.8 Å². The van der Waals surface area contributed by atoms with Crippen LogP contribution in [-0.2, 0) is 15.8 Å². The van der Waals surface area contributed by atoms with E-state index in [-0.39, 0.29) is 17.5 Å². The van der Waals surface area contributed by atoms with Gasteiger partial charge in [0.25, 0.3) is 0 Å². The van der Waals surface area contributed by atoms with Crippen LogP contribution in [0, 0.1) is 18.8 Å². The van der Waals surface area contributed by atoms with E-state index < -0.39 is 23.6 Å². The number of rotatable bonds is 4. The van der Waals surface area contributed by atoms with Crippen LogP contribution in [0.3, 0.4) is 0 Å². The molecule has 0 bridgehead atoms. The van der Waals surface area contributed by atoms with Crippen molar-refractivity contribution >= 4 is 23.3 Å². The molecule has 3 rings (SSSR count). The highest BCUT2D eigenvalue weighted by Gasteiger charge is 2.35. The molecule has 28 heavy (non-hydrogen) atoms. The average molecular weight is 395 g/mol. The van der Waals surface area contributed by atoms with Crippen LogP contribution < -0.4 is 10.6 Å². The number of alkyl halides is 3. The Morgan fingerprint density at radius 3 is 2.14 bits per heavy atom. The van der Waals surface area contributed by atoms with Crippen molar-refractivity contribution in [3.05, 3.63) is 41.7 Å². The van der Waals surface area contributed by atoms with Crippen molar-refractivity contribution < 1.29 is 27.3 Å². The van der Waals surface area contributed by atoms with Gasteiger partial charge in [-0.05, 0) is 44.7 Å². The topological polar surface area (TPSA) is 84.2 Å². The highest BCUT2D eigenvalue weighted by Crippen LogP contribution is 2.36. The molecule has 150 valence electrons. The molecule has 1 aromatic heterocycles. The van der Waals surface area contributed by atoms with Crippen LogP contribution in [-0.4, -0.2) is 17.0 Å². The lowest BCUT2D eigenvalue weighted by atomic mass is 9.81. The first-order valence-corrected chi connectivity index (χ1v) is 8.95. The van der Waals surface area contributed by atoms with Gasteiger partial charge >= 0.3 is 6.18 Å². The number of hydrogen-bond acceptors (Lipinski definition) is 4. The zero-order valence-corrected chi connectivity index (χ0v) is 15.2. The average Bonchev–Trinajstić information content (AvgIpc) is 3.06. The Bertz CT molecular complexity index is 855. The molecule has 0 radical (unpaired) electrons. The van der Waals surface area contributed by atoms with E-state index in [9.17, 15) is 22.8 Å². The standard InChI is InChI=1S/C19H20F3N3O3/c1-11-10-16(25-28-11)24-18(27)13-8-6-12(7-9-13)17(26)23-15-5-3-2-4-14(15)19(20,21)22/h2-5,10,12-13H,6-9H2,1H3,(H,23,26)(H,24,25,27). The van der Waals surface area contributed by atoms with Crippen molar-refractivity contribution in [3.63, 3.8) is 0 Å². The van der Waals surface area contributed by atoms with Gasteiger partial charge in [0, 0.05) is 17.9 Å². The first kappa shape index (κ1) is 19.9. The van der Waals surface area contributed by atoms with E-state index in [1.807, 2.05) is 0 Å². The van der Waals surface area contributed by atoms with Gasteiger partial charge in [-0.2, -0.15) is 13.2 Å². The van der Waals surface area contributed by atoms with Crippen LogP contribution in [0.25, 0.3) is 0 Å². The van der Waals surface area contributed by atoms with Gasteiger partial charge in [-0.1, -0.05) is 17.3 Å². The van der Waals surface area contributed by atoms with E-state index in [2.05, 4.69) is 15.8 Å². The predicted molar refractivity (Wildman–Crippen MR) is 95.4 cm³/mol. The smallest absolute Gasteiger partial charge is 0.360 e. The quantitative estimate of drug-likeness (QED) is 0.804. The second-order valence-corrected chi connectivity index (χ2v) is 6.89. The Morgan fingerprint density at radius 2 is 1.61 bits per heavy atom. The highest BCUT2D eigenvalue weighted by molar-refractivity contribution is 5.94. The van der Waals surface area contributed by atoms with Gasteiger partial charge in [0.15, 0.2) is 5.82 Å². The van der Waals surface area contributed by atoms with Crippen molar-refractivity contribution in [3.8, 4) is 0 Å². The maximum atomic E-state index is 13.1. The normalized spacial score (nSPS) is 19.9. The van der Waals surface area contributed by atoms with E-state index >= 15 is 0 Å². The monoisotopic (exact) mass is 395 g/mol. The molecule has 1 aliphatic carbocycles. The number of carbonyl (C=O) groups excluding carboxylic acids is 2. The molecular formula is C19H20F3N3O3. The van der Waals surface area contributed by atoms with Crippen LogP contribution in [0.1, 0.15) is 37.0 Å². The molecule has 0 aliphatic heterocycles. The summed E-state index contributed by atoms with van der Waals surface area (Å²) in [6, 6.07) is 6.49. The Morgan fingerprint density at radius 1 is 1.04 bits per heavy atom. The summed E-state index contributed by atoms with van der Waals surface area (Å²) in [4.78, 5) is 24.7. The molecule has 6 nitrogen and oxygen atoms in total. The Labute approximate surface area is 159 Å². The maximum Gasteiger partial charge on any atom is 0.418 e. The predicted octanol–water partition coefficient (Wildman–Crippen LogP) is 4.39. The molecule has 1 saturated carbocycles. The van der Waals surface area contributed by atoms with Gasteiger partial charge in [-0.15, -0.1) is 0 Å². The Kier molecular flexibility index (Phi) is 5.71.